The molecule has 1 atom stereocenters. The van der Waals surface area contributed by atoms with Crippen LogP contribution in [-0.2, 0) is 11.2 Å². The van der Waals surface area contributed by atoms with Crippen LogP contribution in [0, 0.1) is 20.8 Å². The third-order valence-electron chi connectivity index (χ3n) is 3.58. The van der Waals surface area contributed by atoms with Crippen molar-refractivity contribution in [2.75, 3.05) is 0 Å². The van der Waals surface area contributed by atoms with Gasteiger partial charge in [-0.2, -0.15) is 13.2 Å². The number of halogens is 3. The van der Waals surface area contributed by atoms with Gasteiger partial charge in [-0.15, -0.1) is 0 Å². The molecule has 2 rings (SSSR count). The molecule has 0 saturated carbocycles. The number of aryl methyl sites for hydroxylation is 3. The Morgan fingerprint density at radius 1 is 1.21 bits per heavy atom. The Kier molecular flexibility index (Phi) is 8.02. The van der Waals surface area contributed by atoms with Crippen LogP contribution in [0.15, 0.2) is 24.5 Å². The molecule has 2 aromatic rings. The summed E-state index contributed by atoms with van der Waals surface area (Å²) in [5, 5.41) is 10.1. The van der Waals surface area contributed by atoms with Gasteiger partial charge in [0.15, 0.2) is 0 Å². The van der Waals surface area contributed by atoms with E-state index in [4.69, 9.17) is 9.90 Å². The quantitative estimate of drug-likeness (QED) is 0.821. The highest BCUT2D eigenvalue weighted by atomic mass is 19.4. The van der Waals surface area contributed by atoms with Crippen LogP contribution < -0.4 is 5.32 Å². The van der Waals surface area contributed by atoms with Gasteiger partial charge in [0.05, 0.1) is 11.3 Å². The summed E-state index contributed by atoms with van der Waals surface area (Å²) in [5.74, 6) is -2.23. The molecular formula is C18H21F3N4O3. The van der Waals surface area contributed by atoms with Gasteiger partial charge >= 0.3 is 12.1 Å². The lowest BCUT2D eigenvalue weighted by Gasteiger charge is -2.15. The highest BCUT2D eigenvalue weighted by Crippen LogP contribution is 2.13. The van der Waals surface area contributed by atoms with Crippen LogP contribution in [0.4, 0.5) is 13.2 Å². The lowest BCUT2D eigenvalue weighted by Crippen LogP contribution is -2.35. The van der Waals surface area contributed by atoms with E-state index in [0.29, 0.717) is 23.5 Å². The molecule has 7 nitrogen and oxygen atoms in total. The summed E-state index contributed by atoms with van der Waals surface area (Å²) in [7, 11) is 0. The minimum absolute atomic E-state index is 0.00759. The molecule has 0 aliphatic rings. The fourth-order valence-corrected chi connectivity index (χ4v) is 2.18. The van der Waals surface area contributed by atoms with Gasteiger partial charge < -0.3 is 10.4 Å². The molecule has 0 bridgehead atoms. The van der Waals surface area contributed by atoms with Crippen molar-refractivity contribution in [2.45, 2.75) is 46.3 Å². The lowest BCUT2D eigenvalue weighted by molar-refractivity contribution is -0.192. The number of nitrogens with one attached hydrogen (secondary N) is 1. The fraction of sp³-hybridized carbons (Fsp3) is 0.389. The smallest absolute Gasteiger partial charge is 0.475 e. The van der Waals surface area contributed by atoms with E-state index in [0.717, 1.165) is 11.3 Å². The van der Waals surface area contributed by atoms with Gasteiger partial charge in [0, 0.05) is 30.6 Å². The van der Waals surface area contributed by atoms with Gasteiger partial charge in [-0.1, -0.05) is 6.07 Å². The Labute approximate surface area is 160 Å². The van der Waals surface area contributed by atoms with Crippen molar-refractivity contribution in [3.05, 3.63) is 52.9 Å². The van der Waals surface area contributed by atoms with Crippen LogP contribution in [0.1, 0.15) is 40.1 Å². The molecule has 1 unspecified atom stereocenters. The van der Waals surface area contributed by atoms with Crippen molar-refractivity contribution in [3.8, 4) is 0 Å². The number of carbonyl (C=O) groups is 2. The number of carboxylic acids is 1. The van der Waals surface area contributed by atoms with Crippen molar-refractivity contribution in [1.82, 2.24) is 20.3 Å². The van der Waals surface area contributed by atoms with Gasteiger partial charge in [0.1, 0.15) is 5.82 Å². The first-order valence-corrected chi connectivity index (χ1v) is 8.23. The van der Waals surface area contributed by atoms with E-state index < -0.39 is 12.1 Å². The van der Waals surface area contributed by atoms with Gasteiger partial charge in [-0.05, 0) is 39.3 Å². The molecular weight excluding hydrogens is 377 g/mol. The Hall–Kier alpha value is -3.04. The number of hydrogen-bond donors (Lipinski definition) is 2. The average Bonchev–Trinajstić information content (AvgIpc) is 2.56. The Balaban J connectivity index is 0.000000480. The number of carbonyl (C=O) groups excluding carboxylic acids is 1. The summed E-state index contributed by atoms with van der Waals surface area (Å²) in [6.45, 7) is 7.61. The fourth-order valence-electron chi connectivity index (χ4n) is 2.18. The molecule has 152 valence electrons. The molecule has 2 aromatic heterocycles. The Morgan fingerprint density at radius 2 is 1.82 bits per heavy atom. The minimum Gasteiger partial charge on any atom is -0.475 e. The van der Waals surface area contributed by atoms with Gasteiger partial charge in [-0.25, -0.2) is 14.8 Å². The molecule has 0 aliphatic carbocycles. The maximum Gasteiger partial charge on any atom is 0.490 e. The summed E-state index contributed by atoms with van der Waals surface area (Å²) >= 11 is 0. The molecule has 0 radical (unpaired) electrons. The van der Waals surface area contributed by atoms with Gasteiger partial charge in [-0.3, -0.25) is 9.78 Å². The number of hydrogen-bond acceptors (Lipinski definition) is 5. The van der Waals surface area contributed by atoms with E-state index in [1.54, 1.807) is 19.3 Å². The average molecular weight is 398 g/mol. The summed E-state index contributed by atoms with van der Waals surface area (Å²) < 4.78 is 31.7. The highest BCUT2D eigenvalue weighted by molar-refractivity contribution is 5.95. The second-order valence-electron chi connectivity index (χ2n) is 6.06. The first-order chi connectivity index (χ1) is 12.9. The number of aliphatic carboxylic acids is 1. The highest BCUT2D eigenvalue weighted by Gasteiger charge is 2.38. The van der Waals surface area contributed by atoms with Crippen LogP contribution in [0.5, 0.6) is 0 Å². The normalized spacial score (nSPS) is 11.8. The van der Waals surface area contributed by atoms with Crippen LogP contribution >= 0.6 is 0 Å². The third-order valence-corrected chi connectivity index (χ3v) is 3.58. The van der Waals surface area contributed by atoms with Crippen molar-refractivity contribution < 1.29 is 27.9 Å². The SMILES string of the molecule is Cc1ncc(C(=O)NC(C)Cc2ncccc2C)c(C)n1.O=C(O)C(F)(F)F. The molecule has 28 heavy (non-hydrogen) atoms. The number of carboxylic acid groups (broad SMARTS) is 1. The first kappa shape index (κ1) is 23.0. The molecule has 0 spiro atoms. The van der Waals surface area contributed by atoms with Crippen LogP contribution in [-0.4, -0.2) is 44.2 Å². The zero-order valence-electron chi connectivity index (χ0n) is 15.8. The van der Waals surface area contributed by atoms with E-state index in [9.17, 15) is 18.0 Å². The van der Waals surface area contributed by atoms with Gasteiger partial charge in [0.2, 0.25) is 0 Å². The Morgan fingerprint density at radius 3 is 2.32 bits per heavy atom. The number of alkyl halides is 3. The van der Waals surface area contributed by atoms with Crippen LogP contribution in [0.25, 0.3) is 0 Å². The maximum atomic E-state index is 12.3. The molecule has 10 heteroatoms. The van der Waals surface area contributed by atoms with Crippen LogP contribution in [0.2, 0.25) is 0 Å². The van der Waals surface area contributed by atoms with E-state index >= 15 is 0 Å². The van der Waals surface area contributed by atoms with Crippen LogP contribution in [0.3, 0.4) is 0 Å². The summed E-state index contributed by atoms with van der Waals surface area (Å²) in [6, 6.07) is 3.93. The second kappa shape index (κ2) is 9.77. The van der Waals surface area contributed by atoms with Crippen molar-refractivity contribution in [3.63, 3.8) is 0 Å². The molecule has 0 aromatic carbocycles. The molecule has 1 amide bonds. The first-order valence-electron chi connectivity index (χ1n) is 8.23. The largest absolute Gasteiger partial charge is 0.490 e. The molecule has 0 saturated heterocycles. The lowest BCUT2D eigenvalue weighted by atomic mass is 10.1. The number of nitrogens with zero attached hydrogens (tertiary/aromatic N) is 3. The molecule has 0 aliphatic heterocycles. The summed E-state index contributed by atoms with van der Waals surface area (Å²) in [5.41, 5.74) is 3.35. The standard InChI is InChI=1S/C16H20N4O.C2HF3O2/c1-10-6-5-7-17-15(10)8-11(2)19-16(21)14-9-18-13(4)20-12(14)3;3-2(4,5)1(6)7/h5-7,9,11H,8H2,1-4H3,(H,19,21);(H,6,7). The predicted octanol–water partition coefficient (Wildman–Crippen LogP) is 2.79. The number of rotatable bonds is 4. The van der Waals surface area contributed by atoms with Crippen molar-refractivity contribution in [1.29, 1.82) is 0 Å². The van der Waals surface area contributed by atoms with Crippen molar-refractivity contribution >= 4 is 11.9 Å². The zero-order valence-corrected chi connectivity index (χ0v) is 15.8. The zero-order chi connectivity index (χ0) is 21.5. The Bertz CT molecular complexity index is 841. The van der Waals surface area contributed by atoms with Gasteiger partial charge in [0.25, 0.3) is 5.91 Å². The molecule has 2 heterocycles. The third kappa shape index (κ3) is 7.29. The second-order valence-corrected chi connectivity index (χ2v) is 6.06. The topological polar surface area (TPSA) is 105 Å². The van der Waals surface area contributed by atoms with E-state index in [1.165, 1.54) is 0 Å². The van der Waals surface area contributed by atoms with Crippen molar-refractivity contribution in [2.24, 2.45) is 0 Å². The number of pyridine rings is 1. The molecule has 2 N–H and O–H groups in total. The summed E-state index contributed by atoms with van der Waals surface area (Å²) in [4.78, 5) is 33.8. The summed E-state index contributed by atoms with van der Waals surface area (Å²) in [6.07, 6.45) is -1.04. The molecule has 0 fully saturated rings. The maximum absolute atomic E-state index is 12.3. The minimum atomic E-state index is -5.08. The monoisotopic (exact) mass is 398 g/mol. The number of amides is 1. The number of aromatic nitrogens is 3. The van der Waals surface area contributed by atoms with E-state index in [2.05, 4.69) is 20.3 Å². The van der Waals surface area contributed by atoms with E-state index in [1.807, 2.05) is 32.9 Å². The predicted molar refractivity (Wildman–Crippen MR) is 94.8 cm³/mol. The van der Waals surface area contributed by atoms with E-state index in [-0.39, 0.29) is 11.9 Å².